The van der Waals surface area contributed by atoms with Gasteiger partial charge in [-0.05, 0) is 32.1 Å². The molecule has 0 aromatic heterocycles. The molecular weight excluding hydrogens is 709 g/mol. The van der Waals surface area contributed by atoms with Crippen molar-refractivity contribution >= 4 is 5.97 Å². The minimum atomic E-state index is -1.53. The summed E-state index contributed by atoms with van der Waals surface area (Å²) >= 11 is 0. The zero-order valence-corrected chi connectivity index (χ0v) is 36.4. The van der Waals surface area contributed by atoms with E-state index in [1.54, 1.807) is 0 Å². The van der Waals surface area contributed by atoms with Gasteiger partial charge in [0.15, 0.2) is 6.29 Å². The molecular formula is C47H90O9. The highest BCUT2D eigenvalue weighted by Gasteiger charge is 2.44. The molecule has 9 heteroatoms. The Morgan fingerprint density at radius 1 is 0.554 bits per heavy atom. The van der Waals surface area contributed by atoms with Crippen LogP contribution in [-0.4, -0.2) is 89.6 Å². The number of allylic oxidation sites excluding steroid dienone is 2. The van der Waals surface area contributed by atoms with Crippen molar-refractivity contribution in [3.8, 4) is 0 Å². The molecule has 6 atom stereocenters. The van der Waals surface area contributed by atoms with Gasteiger partial charge >= 0.3 is 5.97 Å². The van der Waals surface area contributed by atoms with Crippen molar-refractivity contribution in [1.29, 1.82) is 0 Å². The number of hydrogen-bond donors (Lipinski definition) is 4. The van der Waals surface area contributed by atoms with Crippen molar-refractivity contribution in [2.75, 3.05) is 26.4 Å². The Kier molecular flexibility index (Phi) is 37.2. The topological polar surface area (TPSA) is 135 Å². The molecule has 0 radical (unpaired) electrons. The van der Waals surface area contributed by atoms with Crippen LogP contribution in [0.4, 0.5) is 0 Å². The number of aliphatic hydroxyl groups is 4. The number of carbonyl (C=O) groups excluding carboxylic acids is 1. The van der Waals surface area contributed by atoms with Gasteiger partial charge in [0, 0.05) is 13.0 Å². The summed E-state index contributed by atoms with van der Waals surface area (Å²) in [7, 11) is 0. The van der Waals surface area contributed by atoms with Crippen molar-refractivity contribution < 1.29 is 44.2 Å². The molecule has 0 bridgehead atoms. The molecule has 0 aliphatic carbocycles. The Labute approximate surface area is 344 Å². The van der Waals surface area contributed by atoms with Crippen molar-refractivity contribution in [2.45, 2.75) is 256 Å². The van der Waals surface area contributed by atoms with Gasteiger partial charge in [0.2, 0.25) is 0 Å². The SMILES string of the molecule is CCC/C=C\CCCCCCCCOCC(COC1OC(CO)C(O)C(O)C1O)OC(=O)CCCCCCCCCCCCCCCCCCCCCCCC. The fraction of sp³-hybridized carbons (Fsp3) is 0.936. The first kappa shape index (κ1) is 52.9. The Morgan fingerprint density at radius 2 is 1.02 bits per heavy atom. The smallest absolute Gasteiger partial charge is 0.306 e. The van der Waals surface area contributed by atoms with E-state index < -0.39 is 43.4 Å². The Morgan fingerprint density at radius 3 is 1.52 bits per heavy atom. The zero-order valence-electron chi connectivity index (χ0n) is 36.4. The number of esters is 1. The summed E-state index contributed by atoms with van der Waals surface area (Å²) in [5.74, 6) is -0.311. The van der Waals surface area contributed by atoms with Crippen LogP contribution in [0.1, 0.15) is 219 Å². The van der Waals surface area contributed by atoms with Crippen molar-refractivity contribution in [3.05, 3.63) is 12.2 Å². The molecule has 1 saturated heterocycles. The van der Waals surface area contributed by atoms with Crippen LogP contribution >= 0.6 is 0 Å². The fourth-order valence-corrected chi connectivity index (χ4v) is 7.44. The summed E-state index contributed by atoms with van der Waals surface area (Å²) < 4.78 is 22.8. The third kappa shape index (κ3) is 30.0. The van der Waals surface area contributed by atoms with Crippen molar-refractivity contribution in [1.82, 2.24) is 0 Å². The molecule has 0 amide bonds. The van der Waals surface area contributed by atoms with Crippen LogP contribution in [0, 0.1) is 0 Å². The third-order valence-electron chi connectivity index (χ3n) is 11.2. The molecule has 1 aliphatic rings. The lowest BCUT2D eigenvalue weighted by molar-refractivity contribution is -0.305. The van der Waals surface area contributed by atoms with Crippen LogP contribution in [0.25, 0.3) is 0 Å². The van der Waals surface area contributed by atoms with Gasteiger partial charge in [-0.15, -0.1) is 0 Å². The fourth-order valence-electron chi connectivity index (χ4n) is 7.44. The van der Waals surface area contributed by atoms with E-state index in [0.717, 1.165) is 38.5 Å². The number of rotatable bonds is 41. The van der Waals surface area contributed by atoms with E-state index in [0.29, 0.717) is 13.0 Å². The molecule has 1 heterocycles. The maximum absolute atomic E-state index is 12.8. The lowest BCUT2D eigenvalue weighted by Gasteiger charge is -2.39. The second kappa shape index (κ2) is 39.4. The quantitative estimate of drug-likeness (QED) is 0.0271. The van der Waals surface area contributed by atoms with Crippen LogP contribution in [0.2, 0.25) is 0 Å². The van der Waals surface area contributed by atoms with Crippen LogP contribution in [0.3, 0.4) is 0 Å². The largest absolute Gasteiger partial charge is 0.457 e. The molecule has 0 aromatic carbocycles. The van der Waals surface area contributed by atoms with Crippen LogP contribution in [0.15, 0.2) is 12.2 Å². The van der Waals surface area contributed by atoms with Gasteiger partial charge in [-0.3, -0.25) is 4.79 Å². The van der Waals surface area contributed by atoms with E-state index in [-0.39, 0.29) is 19.2 Å². The summed E-state index contributed by atoms with van der Waals surface area (Å²) in [5.41, 5.74) is 0. The summed E-state index contributed by atoms with van der Waals surface area (Å²) in [6.07, 6.45) is 36.8. The second-order valence-corrected chi connectivity index (χ2v) is 16.6. The van der Waals surface area contributed by atoms with Crippen LogP contribution in [0.5, 0.6) is 0 Å². The van der Waals surface area contributed by atoms with E-state index in [1.165, 1.54) is 161 Å². The lowest BCUT2D eigenvalue weighted by atomic mass is 9.99. The normalized spacial score (nSPS) is 20.6. The van der Waals surface area contributed by atoms with E-state index in [4.69, 9.17) is 18.9 Å². The van der Waals surface area contributed by atoms with Crippen molar-refractivity contribution in [3.63, 3.8) is 0 Å². The molecule has 0 aromatic rings. The monoisotopic (exact) mass is 799 g/mol. The van der Waals surface area contributed by atoms with Gasteiger partial charge in [0.25, 0.3) is 0 Å². The maximum Gasteiger partial charge on any atom is 0.306 e. The Balaban J connectivity index is 2.17. The van der Waals surface area contributed by atoms with Gasteiger partial charge in [0.05, 0.1) is 19.8 Å². The van der Waals surface area contributed by atoms with E-state index in [9.17, 15) is 25.2 Å². The molecule has 4 N–H and O–H groups in total. The molecule has 1 rings (SSSR count). The minimum absolute atomic E-state index is 0.111. The van der Waals surface area contributed by atoms with Crippen molar-refractivity contribution in [2.24, 2.45) is 0 Å². The zero-order chi connectivity index (χ0) is 40.7. The average molecular weight is 799 g/mol. The van der Waals surface area contributed by atoms with Crippen LogP contribution in [-0.2, 0) is 23.7 Å². The molecule has 56 heavy (non-hydrogen) atoms. The first-order valence-electron chi connectivity index (χ1n) is 23.8. The van der Waals surface area contributed by atoms with E-state index in [2.05, 4.69) is 26.0 Å². The number of unbranched alkanes of at least 4 members (excludes halogenated alkanes) is 28. The second-order valence-electron chi connectivity index (χ2n) is 16.6. The highest BCUT2D eigenvalue weighted by molar-refractivity contribution is 5.69. The van der Waals surface area contributed by atoms with Gasteiger partial charge in [-0.1, -0.05) is 193 Å². The minimum Gasteiger partial charge on any atom is -0.457 e. The Bertz CT molecular complexity index is 869. The summed E-state index contributed by atoms with van der Waals surface area (Å²) in [6.45, 7) is 4.53. The highest BCUT2D eigenvalue weighted by atomic mass is 16.7. The average Bonchev–Trinajstić information content (AvgIpc) is 3.20. The predicted molar refractivity (Wildman–Crippen MR) is 229 cm³/mol. The number of aliphatic hydroxyl groups excluding tert-OH is 4. The molecule has 332 valence electrons. The summed E-state index contributed by atoms with van der Waals surface area (Å²) in [5, 5.41) is 40.1. The molecule has 6 unspecified atom stereocenters. The molecule has 0 saturated carbocycles. The molecule has 9 nitrogen and oxygen atoms in total. The number of carbonyl (C=O) groups is 1. The number of hydrogen-bond acceptors (Lipinski definition) is 9. The lowest BCUT2D eigenvalue weighted by Crippen LogP contribution is -2.59. The molecule has 1 fully saturated rings. The summed E-state index contributed by atoms with van der Waals surface area (Å²) in [4.78, 5) is 12.8. The predicted octanol–water partition coefficient (Wildman–Crippen LogP) is 10.8. The first-order valence-corrected chi connectivity index (χ1v) is 23.8. The van der Waals surface area contributed by atoms with Gasteiger partial charge < -0.3 is 39.4 Å². The van der Waals surface area contributed by atoms with Gasteiger partial charge in [-0.2, -0.15) is 0 Å². The first-order chi connectivity index (χ1) is 27.4. The maximum atomic E-state index is 12.8. The number of ether oxygens (including phenoxy) is 4. The Hall–Kier alpha value is -1.07. The van der Waals surface area contributed by atoms with E-state index >= 15 is 0 Å². The van der Waals surface area contributed by atoms with E-state index in [1.807, 2.05) is 0 Å². The summed E-state index contributed by atoms with van der Waals surface area (Å²) in [6, 6.07) is 0. The third-order valence-corrected chi connectivity index (χ3v) is 11.2. The standard InChI is InChI=1S/C47H90O9/c1-3-5-7-9-11-13-15-16-17-18-19-20-21-22-23-24-25-26-28-30-32-34-36-43(49)55-41(40-54-47-46(52)45(51)44(50)42(38-48)56-47)39-53-37-35-33-31-29-27-14-12-10-8-6-4-2/h8,10,41-42,44-48,50-52H,3-7,9,11-40H2,1-2H3/b10-8-. The highest BCUT2D eigenvalue weighted by Crippen LogP contribution is 2.23. The van der Waals surface area contributed by atoms with Gasteiger partial charge in [0.1, 0.15) is 30.5 Å². The van der Waals surface area contributed by atoms with Gasteiger partial charge in [-0.25, -0.2) is 0 Å². The van der Waals surface area contributed by atoms with Crippen LogP contribution < -0.4 is 0 Å². The molecule has 0 spiro atoms. The molecule has 1 aliphatic heterocycles.